The van der Waals surface area contributed by atoms with E-state index in [9.17, 15) is 55.5 Å². The Morgan fingerprint density at radius 2 is 1.73 bits per heavy atom. The van der Waals surface area contributed by atoms with E-state index in [2.05, 4.69) is 20.9 Å². The number of aliphatic hydroxyl groups excluding tert-OH is 4. The predicted octanol–water partition coefficient (Wildman–Crippen LogP) is 2.64. The van der Waals surface area contributed by atoms with E-state index in [-0.39, 0.29) is 53.2 Å². The smallest absolute Gasteiger partial charge is 0.336 e. The number of benzene rings is 3. The van der Waals surface area contributed by atoms with E-state index < -0.39 is 106 Å². The molecule has 3 aliphatic heterocycles. The summed E-state index contributed by atoms with van der Waals surface area (Å²) in [5, 5.41) is 117. The molecule has 2 saturated heterocycles. The fourth-order valence-corrected chi connectivity index (χ4v) is 14.6. The zero-order chi connectivity index (χ0) is 55.5. The first kappa shape index (κ1) is 52.6. The molecule has 0 unspecified atom stereocenters. The second-order valence-corrected chi connectivity index (χ2v) is 22.1. The quantitative estimate of drug-likeness (QED) is 0.0561. The summed E-state index contributed by atoms with van der Waals surface area (Å²) < 4.78 is 31.2. The first-order chi connectivity index (χ1) is 37.8. The average molecular weight is 1090 g/mol. The van der Waals surface area contributed by atoms with Gasteiger partial charge in [-0.1, -0.05) is 6.92 Å². The molecule has 4 fully saturated rings. The highest BCUT2D eigenvalue weighted by molar-refractivity contribution is 5.90. The third-order valence-corrected chi connectivity index (χ3v) is 18.1. The van der Waals surface area contributed by atoms with Gasteiger partial charge in [-0.3, -0.25) is 10.1 Å². The summed E-state index contributed by atoms with van der Waals surface area (Å²) in [7, 11) is 0. The summed E-state index contributed by atoms with van der Waals surface area (Å²) in [5.74, 6) is -3.21. The van der Waals surface area contributed by atoms with Crippen LogP contribution in [-0.4, -0.2) is 125 Å². The van der Waals surface area contributed by atoms with Crippen molar-refractivity contribution in [1.82, 2.24) is 20.9 Å². The molecule has 2 aromatic heterocycles. The Bertz CT molecular complexity index is 3410. The molecule has 13 atom stereocenters. The Kier molecular flexibility index (Phi) is 12.9. The molecule has 79 heavy (non-hydrogen) atoms. The van der Waals surface area contributed by atoms with Crippen LogP contribution in [0.15, 0.2) is 111 Å². The maximum Gasteiger partial charge on any atom is 0.336 e. The lowest BCUT2D eigenvalue weighted by molar-refractivity contribution is -0.362. The number of H-pyrrole nitrogens is 1. The van der Waals surface area contributed by atoms with Crippen LogP contribution in [0.4, 0.5) is 5.82 Å². The number of fused-ring (bicyclic) bond motifs is 5. The summed E-state index contributed by atoms with van der Waals surface area (Å²) in [5.41, 5.74) is 7.11. The number of anilines is 1. The third-order valence-electron chi connectivity index (χ3n) is 18.1. The number of phenolic OH excluding ortho intramolecular Hbond substituents is 2. The topological polar surface area (TPSA) is 370 Å². The molecule has 17 N–H and O–H groups in total. The minimum absolute atomic E-state index is 0.0271. The second-order valence-electron chi connectivity index (χ2n) is 22.1. The molecular weight excluding hydrogens is 1020 g/mol. The zero-order valence-electron chi connectivity index (χ0n) is 43.0. The van der Waals surface area contributed by atoms with Crippen molar-refractivity contribution in [2.24, 2.45) is 28.4 Å². The Labute approximate surface area is 451 Å². The number of hydrogen-bond acceptors (Lipinski definition) is 20. The molecule has 5 heterocycles. The van der Waals surface area contributed by atoms with E-state index in [0.29, 0.717) is 60.1 Å². The van der Waals surface area contributed by atoms with Crippen LogP contribution in [-0.2, 0) is 16.0 Å². The highest BCUT2D eigenvalue weighted by Gasteiger charge is 2.81. The van der Waals surface area contributed by atoms with Gasteiger partial charge in [0.05, 0.1) is 12.4 Å². The first-order valence-electron chi connectivity index (χ1n) is 26.7. The van der Waals surface area contributed by atoms with E-state index in [1.807, 2.05) is 13.0 Å². The molecule has 7 aliphatic rings. The van der Waals surface area contributed by atoms with Crippen molar-refractivity contribution in [1.29, 1.82) is 0 Å². The van der Waals surface area contributed by atoms with Crippen molar-refractivity contribution >= 4 is 22.8 Å². The van der Waals surface area contributed by atoms with Gasteiger partial charge in [-0.15, -0.1) is 0 Å². The largest absolute Gasteiger partial charge is 0.508 e. The second kappa shape index (κ2) is 19.3. The van der Waals surface area contributed by atoms with Gasteiger partial charge in [0.1, 0.15) is 51.9 Å². The molecule has 22 heteroatoms. The van der Waals surface area contributed by atoms with Gasteiger partial charge < -0.3 is 96.4 Å². The molecule has 1 spiro atoms. The highest BCUT2D eigenvalue weighted by atomic mass is 16.7. The number of nitrogen functional groups attached to an aromatic ring is 1. The Hall–Kier alpha value is -7.12. The normalized spacial score (nSPS) is 31.8. The molecule has 2 bridgehead atoms. The Morgan fingerprint density at radius 3 is 2.43 bits per heavy atom. The van der Waals surface area contributed by atoms with Crippen LogP contribution in [0.5, 0.6) is 28.7 Å². The van der Waals surface area contributed by atoms with Crippen LogP contribution in [0.25, 0.3) is 22.3 Å². The molecule has 3 aromatic carbocycles. The number of aliphatic hydroxyl groups is 6. The SMILES string of the molecule is CCc1cc(O)cc([C@H](O)Oc2c(O[C@@H]3O[C@H](C(=O)O)[C@]4(O)[C@@H](O)[C@]3(O)C=C3[C@]56C7=C(CC[C@H]5CC[C@@H]6CC[C@]34[C@H]3CNCN3)CNC(N)=C7)cc3oc(-c4ccc(O[C@H](CO)[C@H](O)c5ccc(N)[nH]5)cc4)cc(=O)c3c2O)c1. The molecule has 4 aliphatic carbocycles. The van der Waals surface area contributed by atoms with Crippen LogP contribution in [0, 0.1) is 22.7 Å². The number of hydrogen-bond donors (Lipinski definition) is 15. The summed E-state index contributed by atoms with van der Waals surface area (Å²) >= 11 is 0. The van der Waals surface area contributed by atoms with Crippen molar-refractivity contribution in [2.45, 2.75) is 106 Å². The molecule has 418 valence electrons. The van der Waals surface area contributed by atoms with Crippen LogP contribution < -0.4 is 47.1 Å². The number of carboxylic acid groups (broad SMARTS) is 1. The van der Waals surface area contributed by atoms with Gasteiger partial charge >= 0.3 is 5.97 Å². The lowest BCUT2D eigenvalue weighted by Crippen LogP contribution is -2.84. The summed E-state index contributed by atoms with van der Waals surface area (Å²) in [6.07, 6.45) is -3.42. The minimum Gasteiger partial charge on any atom is -0.508 e. The number of aromatic nitrogens is 1. The van der Waals surface area contributed by atoms with Crippen molar-refractivity contribution in [3.8, 4) is 40.1 Å². The number of nitrogens with one attached hydrogen (secondary N) is 4. The third kappa shape index (κ3) is 7.93. The van der Waals surface area contributed by atoms with Gasteiger partial charge in [0.2, 0.25) is 18.3 Å². The lowest BCUT2D eigenvalue weighted by Gasteiger charge is -2.70. The number of aromatic amines is 1. The lowest BCUT2D eigenvalue weighted by atomic mass is 9.39. The van der Waals surface area contributed by atoms with Gasteiger partial charge in [-0.25, -0.2) is 4.79 Å². The van der Waals surface area contributed by atoms with Crippen molar-refractivity contribution in [3.63, 3.8) is 0 Å². The number of carbonyl (C=O) groups is 1. The van der Waals surface area contributed by atoms with Crippen LogP contribution in [0.1, 0.15) is 74.7 Å². The maximum absolute atomic E-state index is 14.3. The standard InChI is InChI=1S/C57H64N6O16/c1-2-26-15-29(17-32(65)16-26)51(71)78-48-39(20-38-45(47(48)68)36(66)19-37(76-38)27-4-9-33(10-5-27)75-40(24-64)46(67)35-11-12-43(58)63-35)77-53-55(73)21-41-54(42-23-60-25-62-42,57(74,52(55)72)49(79-53)50(69)70)14-13-31-8-7-30-6-3-28-22-61-44(59)18-34(28)56(30,31)41/h4-5,9-12,15-21,30-31,40,42,46,49,51-53,60-65,67-68,71-74H,2-3,6-8,13-14,22-25,58-59H2,1H3,(H,69,70)/t30-,31+,40+,42+,46+,49+,51+,52-,53+,54+,55+,56+,57-/m0/s1. The minimum atomic E-state index is -2.77. The Morgan fingerprint density at radius 1 is 0.962 bits per heavy atom. The Balaban J connectivity index is 1.00. The summed E-state index contributed by atoms with van der Waals surface area (Å²) in [4.78, 5) is 31.0. The summed E-state index contributed by atoms with van der Waals surface area (Å²) in [6.45, 7) is 2.31. The van der Waals surface area contributed by atoms with Crippen LogP contribution >= 0.6 is 0 Å². The number of aryl methyl sites for hydroxylation is 1. The van der Waals surface area contributed by atoms with Gasteiger partial charge in [-0.2, -0.15) is 0 Å². The predicted molar refractivity (Wildman–Crippen MR) is 282 cm³/mol. The molecule has 2 saturated carbocycles. The number of ether oxygens (including phenoxy) is 4. The fraction of sp³-hybridized carbons (Fsp3) is 0.439. The summed E-state index contributed by atoms with van der Waals surface area (Å²) in [6, 6.07) is 15.0. The van der Waals surface area contributed by atoms with E-state index in [1.165, 1.54) is 42.5 Å². The van der Waals surface area contributed by atoms with Crippen molar-refractivity contribution in [2.75, 3.05) is 32.1 Å². The van der Waals surface area contributed by atoms with Crippen molar-refractivity contribution < 1.29 is 74.1 Å². The zero-order valence-corrected chi connectivity index (χ0v) is 43.0. The first-order valence-corrected chi connectivity index (χ1v) is 26.7. The molecule has 12 rings (SSSR count). The maximum atomic E-state index is 14.3. The number of phenols is 2. The van der Waals surface area contributed by atoms with Gasteiger partial charge in [-0.05, 0) is 146 Å². The fourth-order valence-electron chi connectivity index (χ4n) is 14.6. The van der Waals surface area contributed by atoms with Crippen LogP contribution in [0.3, 0.4) is 0 Å². The van der Waals surface area contributed by atoms with Crippen LogP contribution in [0.2, 0.25) is 0 Å². The molecule has 0 amide bonds. The van der Waals surface area contributed by atoms with Gasteiger partial charge in [0, 0.05) is 65.6 Å². The number of rotatable bonds is 14. The average Bonchev–Trinajstić information content (AvgIpc) is 4.36. The molecule has 0 radical (unpaired) electrons. The molecule has 5 aromatic rings. The number of carboxylic acids is 1. The monoisotopic (exact) mass is 1090 g/mol. The number of nitrogens with two attached hydrogens (primary N) is 2. The van der Waals surface area contributed by atoms with Gasteiger partial charge in [0.15, 0.2) is 34.7 Å². The number of aliphatic carboxylic acids is 1. The highest BCUT2D eigenvalue weighted by Crippen LogP contribution is 2.75. The van der Waals surface area contributed by atoms with E-state index in [1.54, 1.807) is 18.2 Å². The van der Waals surface area contributed by atoms with E-state index in [0.717, 1.165) is 49.0 Å². The molecule has 22 nitrogen and oxygen atoms in total. The van der Waals surface area contributed by atoms with E-state index in [4.69, 9.17) is 34.8 Å². The van der Waals surface area contributed by atoms with E-state index >= 15 is 0 Å². The number of allylic oxidation sites excluding steroid dienone is 2. The van der Waals surface area contributed by atoms with Crippen molar-refractivity contribution in [3.05, 3.63) is 128 Å². The number of dihydropyridines is 1. The van der Waals surface area contributed by atoms with Gasteiger partial charge in [0.25, 0.3) is 0 Å². The molecular formula is C57H64N6O16. The number of aromatic hydroxyl groups is 2.